The van der Waals surface area contributed by atoms with Gasteiger partial charge in [-0.15, -0.1) is 0 Å². The number of carbonyl (C=O) groups excluding carboxylic acids is 1. The number of nitrogens with one attached hydrogen (secondary N) is 1. The molecule has 0 aliphatic heterocycles. The number of amides is 1. The maximum absolute atomic E-state index is 12.0. The van der Waals surface area contributed by atoms with E-state index in [-0.39, 0.29) is 5.92 Å². The highest BCUT2D eigenvalue weighted by atomic mass is 16.5. The first-order chi connectivity index (χ1) is 17.9. The second-order valence-corrected chi connectivity index (χ2v) is 9.97. The van der Waals surface area contributed by atoms with E-state index < -0.39 is 5.91 Å². The lowest BCUT2D eigenvalue weighted by Gasteiger charge is -2.18. The zero-order valence-corrected chi connectivity index (χ0v) is 22.8. The van der Waals surface area contributed by atoms with Crippen LogP contribution < -0.4 is 20.5 Å². The van der Waals surface area contributed by atoms with Crippen LogP contribution in [-0.2, 0) is 6.61 Å². The first-order valence-electron chi connectivity index (χ1n) is 13.5. The second-order valence-electron chi connectivity index (χ2n) is 9.97. The van der Waals surface area contributed by atoms with Gasteiger partial charge < -0.3 is 20.5 Å². The Kier molecular flexibility index (Phi) is 10.9. The van der Waals surface area contributed by atoms with Crippen LogP contribution in [0.5, 0.6) is 11.5 Å². The van der Waals surface area contributed by atoms with E-state index in [2.05, 4.69) is 51.2 Å². The number of ether oxygens (including phenoxy) is 2. The molecule has 0 fully saturated rings. The predicted molar refractivity (Wildman–Crippen MR) is 153 cm³/mol. The average molecular weight is 503 g/mol. The van der Waals surface area contributed by atoms with Crippen molar-refractivity contribution in [2.75, 3.05) is 11.9 Å². The van der Waals surface area contributed by atoms with Gasteiger partial charge in [0.15, 0.2) is 0 Å². The Labute approximate surface area is 222 Å². The van der Waals surface area contributed by atoms with Crippen LogP contribution in [0.4, 0.5) is 11.4 Å². The standard InChI is InChI=1S/C32H42N2O3/c1-5-11-24(6-2)14-10-17-36-29-19-26(32(33)35)18-27(20-29)34-31-16-15-28(21-30(31)23(3)4)37-22-25-12-8-7-9-13-25/h7-9,12-13,15-16,18-21,23-24,34H,5-6,10-11,14,17,22H2,1-4H3,(H2,33,35). The van der Waals surface area contributed by atoms with Crippen molar-refractivity contribution in [3.8, 4) is 11.5 Å². The highest BCUT2D eigenvalue weighted by Crippen LogP contribution is 2.33. The number of hydrogen-bond donors (Lipinski definition) is 2. The fourth-order valence-corrected chi connectivity index (χ4v) is 4.54. The smallest absolute Gasteiger partial charge is 0.248 e. The van der Waals surface area contributed by atoms with E-state index in [1.807, 2.05) is 36.4 Å². The van der Waals surface area contributed by atoms with E-state index in [4.69, 9.17) is 15.2 Å². The monoisotopic (exact) mass is 502 g/mol. The Morgan fingerprint density at radius 2 is 1.70 bits per heavy atom. The van der Waals surface area contributed by atoms with Crippen LogP contribution in [0.1, 0.15) is 87.2 Å². The minimum Gasteiger partial charge on any atom is -0.493 e. The van der Waals surface area contributed by atoms with Crippen molar-refractivity contribution in [1.29, 1.82) is 0 Å². The van der Waals surface area contributed by atoms with Crippen molar-refractivity contribution >= 4 is 17.3 Å². The third-order valence-electron chi connectivity index (χ3n) is 6.66. The van der Waals surface area contributed by atoms with Crippen molar-refractivity contribution in [2.45, 2.75) is 72.3 Å². The predicted octanol–water partition coefficient (Wildman–Crippen LogP) is 8.22. The summed E-state index contributed by atoms with van der Waals surface area (Å²) in [5.41, 5.74) is 10.0. The summed E-state index contributed by atoms with van der Waals surface area (Å²) in [6, 6.07) is 21.6. The largest absolute Gasteiger partial charge is 0.493 e. The lowest BCUT2D eigenvalue weighted by molar-refractivity contribution is 0.1000. The number of primary amides is 1. The molecule has 5 nitrogen and oxygen atoms in total. The number of benzene rings is 3. The van der Waals surface area contributed by atoms with E-state index in [0.29, 0.717) is 24.5 Å². The zero-order chi connectivity index (χ0) is 26.6. The fourth-order valence-electron chi connectivity index (χ4n) is 4.54. The Morgan fingerprint density at radius 1 is 0.919 bits per heavy atom. The number of hydrogen-bond acceptors (Lipinski definition) is 4. The minimum atomic E-state index is -0.476. The van der Waals surface area contributed by atoms with Gasteiger partial charge in [0.2, 0.25) is 5.91 Å². The molecule has 5 heteroatoms. The molecule has 37 heavy (non-hydrogen) atoms. The van der Waals surface area contributed by atoms with Crippen LogP contribution in [0, 0.1) is 5.92 Å². The molecule has 0 radical (unpaired) electrons. The summed E-state index contributed by atoms with van der Waals surface area (Å²) in [5, 5.41) is 3.48. The number of carbonyl (C=O) groups is 1. The SMILES string of the molecule is CCCC(CC)CCCOc1cc(Nc2ccc(OCc3ccccc3)cc2C(C)C)cc(C(N)=O)c1. The van der Waals surface area contributed by atoms with Crippen LogP contribution in [-0.4, -0.2) is 12.5 Å². The first kappa shape index (κ1) is 28.1. The van der Waals surface area contributed by atoms with Gasteiger partial charge in [-0.05, 0) is 66.1 Å². The van der Waals surface area contributed by atoms with Gasteiger partial charge in [0.1, 0.15) is 18.1 Å². The Morgan fingerprint density at radius 3 is 2.38 bits per heavy atom. The van der Waals surface area contributed by atoms with Crippen molar-refractivity contribution in [2.24, 2.45) is 11.7 Å². The summed E-state index contributed by atoms with van der Waals surface area (Å²) in [4.78, 5) is 12.0. The van der Waals surface area contributed by atoms with Crippen LogP contribution in [0.25, 0.3) is 0 Å². The molecule has 0 heterocycles. The molecule has 0 aliphatic rings. The highest BCUT2D eigenvalue weighted by molar-refractivity contribution is 5.94. The van der Waals surface area contributed by atoms with Crippen molar-refractivity contribution in [3.63, 3.8) is 0 Å². The Balaban J connectivity index is 1.72. The summed E-state index contributed by atoms with van der Waals surface area (Å²) in [6.07, 6.45) is 5.82. The van der Waals surface area contributed by atoms with Crippen molar-refractivity contribution < 1.29 is 14.3 Å². The van der Waals surface area contributed by atoms with Gasteiger partial charge >= 0.3 is 0 Å². The molecular formula is C32H42N2O3. The third kappa shape index (κ3) is 8.85. The molecule has 3 aromatic carbocycles. The lowest BCUT2D eigenvalue weighted by Crippen LogP contribution is -2.12. The van der Waals surface area contributed by atoms with E-state index in [9.17, 15) is 4.79 Å². The molecule has 0 aliphatic carbocycles. The van der Waals surface area contributed by atoms with Gasteiger partial charge in [-0.1, -0.05) is 77.3 Å². The van der Waals surface area contributed by atoms with Crippen LogP contribution in [0.3, 0.4) is 0 Å². The summed E-state index contributed by atoms with van der Waals surface area (Å²) >= 11 is 0. The maximum Gasteiger partial charge on any atom is 0.248 e. The molecule has 198 valence electrons. The summed E-state index contributed by atoms with van der Waals surface area (Å²) in [6.45, 7) is 9.92. The minimum absolute atomic E-state index is 0.271. The van der Waals surface area contributed by atoms with Crippen LogP contribution in [0.15, 0.2) is 66.7 Å². The number of nitrogens with two attached hydrogens (primary N) is 1. The molecule has 1 amide bonds. The first-order valence-corrected chi connectivity index (χ1v) is 13.5. The van der Waals surface area contributed by atoms with Crippen LogP contribution >= 0.6 is 0 Å². The molecule has 3 aromatic rings. The van der Waals surface area contributed by atoms with Gasteiger partial charge in [-0.2, -0.15) is 0 Å². The molecule has 0 saturated heterocycles. The molecular weight excluding hydrogens is 460 g/mol. The fraction of sp³-hybridized carbons (Fsp3) is 0.406. The molecule has 1 unspecified atom stereocenters. The third-order valence-corrected chi connectivity index (χ3v) is 6.66. The van der Waals surface area contributed by atoms with Gasteiger partial charge in [0.05, 0.1) is 6.61 Å². The molecule has 3 rings (SSSR count). The Hall–Kier alpha value is -3.47. The van der Waals surface area contributed by atoms with Gasteiger partial charge in [-0.3, -0.25) is 4.79 Å². The van der Waals surface area contributed by atoms with E-state index >= 15 is 0 Å². The van der Waals surface area contributed by atoms with E-state index in [1.54, 1.807) is 12.1 Å². The van der Waals surface area contributed by atoms with Crippen molar-refractivity contribution in [1.82, 2.24) is 0 Å². The maximum atomic E-state index is 12.0. The summed E-state index contributed by atoms with van der Waals surface area (Å²) in [5.74, 6) is 2.01. The number of rotatable bonds is 15. The molecule has 0 bridgehead atoms. The quantitative estimate of drug-likeness (QED) is 0.205. The zero-order valence-electron chi connectivity index (χ0n) is 22.8. The highest BCUT2D eigenvalue weighted by Gasteiger charge is 2.13. The second kappa shape index (κ2) is 14.3. The van der Waals surface area contributed by atoms with Crippen molar-refractivity contribution in [3.05, 3.63) is 83.4 Å². The average Bonchev–Trinajstić information content (AvgIpc) is 2.90. The van der Waals surface area contributed by atoms with Gasteiger partial charge in [-0.25, -0.2) is 0 Å². The molecule has 0 spiro atoms. The topological polar surface area (TPSA) is 73.6 Å². The van der Waals surface area contributed by atoms with Gasteiger partial charge in [0, 0.05) is 23.0 Å². The Bertz CT molecular complexity index is 1130. The summed E-state index contributed by atoms with van der Waals surface area (Å²) < 4.78 is 12.1. The van der Waals surface area contributed by atoms with E-state index in [1.165, 1.54) is 19.3 Å². The lowest BCUT2D eigenvalue weighted by atomic mass is 9.96. The molecule has 1 atom stereocenters. The molecule has 3 N–H and O–H groups in total. The van der Waals surface area contributed by atoms with Gasteiger partial charge in [0.25, 0.3) is 0 Å². The molecule has 0 aromatic heterocycles. The number of anilines is 2. The summed E-state index contributed by atoms with van der Waals surface area (Å²) in [7, 11) is 0. The normalized spacial score (nSPS) is 11.8. The molecule has 0 saturated carbocycles. The van der Waals surface area contributed by atoms with Crippen LogP contribution in [0.2, 0.25) is 0 Å². The van der Waals surface area contributed by atoms with E-state index in [0.717, 1.165) is 47.0 Å².